The average Bonchev–Trinajstić information content (AvgIpc) is 3.78. The molecule has 1 unspecified atom stereocenters. The molecule has 10 aromatic rings. The van der Waals surface area contributed by atoms with Crippen LogP contribution in [0.15, 0.2) is 183 Å². The number of nitrogens with zero attached hydrogens (tertiary/aromatic N) is 2. The van der Waals surface area contributed by atoms with Crippen molar-refractivity contribution in [1.29, 1.82) is 0 Å². The van der Waals surface area contributed by atoms with E-state index in [2.05, 4.69) is 121 Å². The molecule has 1 N–H and O–H groups in total. The smallest absolute Gasteiger partial charge is 0.160 e. The van der Waals surface area contributed by atoms with Gasteiger partial charge in [-0.2, -0.15) is 0 Å². The Hall–Kier alpha value is -6.98. The fourth-order valence-electron chi connectivity index (χ4n) is 7.78. The maximum absolute atomic E-state index is 6.56. The molecule has 3 heterocycles. The van der Waals surface area contributed by atoms with Gasteiger partial charge in [0, 0.05) is 32.7 Å². The van der Waals surface area contributed by atoms with Gasteiger partial charge in [-0.25, -0.2) is 9.98 Å². The highest BCUT2D eigenvalue weighted by atomic mass is 16.3. The summed E-state index contributed by atoms with van der Waals surface area (Å²) >= 11 is 0. The Morgan fingerprint density at radius 3 is 2.10 bits per heavy atom. The molecule has 52 heavy (non-hydrogen) atoms. The van der Waals surface area contributed by atoms with E-state index in [1.807, 2.05) is 48.5 Å². The van der Waals surface area contributed by atoms with Gasteiger partial charge >= 0.3 is 0 Å². The summed E-state index contributed by atoms with van der Waals surface area (Å²) in [6.45, 7) is 0. The van der Waals surface area contributed by atoms with Gasteiger partial charge in [0.1, 0.15) is 34.3 Å². The quantitative estimate of drug-likeness (QED) is 0.190. The number of benzene rings is 8. The normalized spacial score (nSPS) is 14.7. The number of fused-ring (bicyclic) bond motifs is 9. The summed E-state index contributed by atoms with van der Waals surface area (Å²) in [5, 5.41) is 12.8. The molecule has 1 aliphatic rings. The summed E-state index contributed by atoms with van der Waals surface area (Å²) in [7, 11) is 0. The van der Waals surface area contributed by atoms with Crippen LogP contribution in [0, 0.1) is 0 Å². The minimum atomic E-state index is -0.340. The lowest BCUT2D eigenvalue weighted by Gasteiger charge is -2.24. The second-order valence-electron chi connectivity index (χ2n) is 13.4. The summed E-state index contributed by atoms with van der Waals surface area (Å²) in [5.74, 6) is 1.44. The van der Waals surface area contributed by atoms with Crippen LogP contribution in [0.1, 0.15) is 22.9 Å². The van der Waals surface area contributed by atoms with E-state index in [4.69, 9.17) is 18.8 Å². The molecule has 8 aromatic carbocycles. The van der Waals surface area contributed by atoms with Crippen molar-refractivity contribution >= 4 is 77.1 Å². The zero-order valence-corrected chi connectivity index (χ0v) is 27.9. The number of aliphatic imine (C=N–C) groups is 2. The van der Waals surface area contributed by atoms with E-state index in [1.165, 1.54) is 21.5 Å². The molecule has 0 bridgehead atoms. The zero-order chi connectivity index (χ0) is 34.2. The van der Waals surface area contributed by atoms with Crippen LogP contribution in [0.5, 0.6) is 0 Å². The lowest BCUT2D eigenvalue weighted by Crippen LogP contribution is -2.33. The molecule has 5 nitrogen and oxygen atoms in total. The van der Waals surface area contributed by atoms with Crippen LogP contribution in [0.2, 0.25) is 0 Å². The molecule has 1 atom stereocenters. The van der Waals surface area contributed by atoms with Gasteiger partial charge < -0.3 is 14.2 Å². The number of hydrogen-bond acceptors (Lipinski definition) is 5. The Labute approximate surface area is 298 Å². The Morgan fingerprint density at radius 1 is 0.442 bits per heavy atom. The van der Waals surface area contributed by atoms with Gasteiger partial charge in [-0.3, -0.25) is 0 Å². The Kier molecular flexibility index (Phi) is 6.25. The third-order valence-electron chi connectivity index (χ3n) is 10.3. The van der Waals surface area contributed by atoms with Crippen LogP contribution < -0.4 is 5.32 Å². The standard InChI is InChI=1S/C47H29N3O2/c1-2-10-29(11-3-1)45-48-46(33-20-22-35-32(25-33)18-17-28-9-4-5-12-34(28)35)50-47(49-45)38-14-8-16-42-44(38)37-23-19-31(27-43(37)52-42)30-21-24-41-39(26-30)36-13-6-7-15-40(36)51-41/h1-27,46H,(H,48,49,50). The molecule has 11 rings (SSSR count). The number of amidine groups is 2. The van der Waals surface area contributed by atoms with Crippen LogP contribution in [0.25, 0.3) is 76.5 Å². The first-order chi connectivity index (χ1) is 25.7. The van der Waals surface area contributed by atoms with Crippen molar-refractivity contribution in [1.82, 2.24) is 5.32 Å². The van der Waals surface area contributed by atoms with Crippen molar-refractivity contribution in [2.24, 2.45) is 9.98 Å². The molecular formula is C47H29N3O2. The first-order valence-corrected chi connectivity index (χ1v) is 17.5. The van der Waals surface area contributed by atoms with Gasteiger partial charge in [-0.15, -0.1) is 0 Å². The lowest BCUT2D eigenvalue weighted by molar-refractivity contribution is 0.668. The lowest BCUT2D eigenvalue weighted by atomic mass is 9.98. The Bertz CT molecular complexity index is 3110. The molecule has 5 heteroatoms. The van der Waals surface area contributed by atoms with Crippen LogP contribution in [-0.4, -0.2) is 11.7 Å². The largest absolute Gasteiger partial charge is 0.456 e. The van der Waals surface area contributed by atoms with Gasteiger partial charge in [-0.1, -0.05) is 121 Å². The van der Waals surface area contributed by atoms with E-state index in [0.717, 1.165) is 77.5 Å². The van der Waals surface area contributed by atoms with Crippen molar-refractivity contribution in [2.75, 3.05) is 0 Å². The molecule has 0 amide bonds. The monoisotopic (exact) mass is 667 g/mol. The molecule has 0 aliphatic carbocycles. The molecular weight excluding hydrogens is 639 g/mol. The molecule has 1 aliphatic heterocycles. The molecule has 244 valence electrons. The van der Waals surface area contributed by atoms with Crippen LogP contribution in [0.3, 0.4) is 0 Å². The van der Waals surface area contributed by atoms with E-state index in [9.17, 15) is 0 Å². The second kappa shape index (κ2) is 11.3. The van der Waals surface area contributed by atoms with E-state index in [0.29, 0.717) is 5.84 Å². The highest BCUT2D eigenvalue weighted by Gasteiger charge is 2.24. The SMILES string of the molecule is c1ccc(C2=NC(c3cccc4oc5cc(-c6ccc7oc8ccccc8c7c6)ccc5c34)=NC(c3ccc4c(ccc5ccccc54)c3)N2)cc1. The van der Waals surface area contributed by atoms with Gasteiger partial charge in [0.05, 0.1) is 0 Å². The van der Waals surface area contributed by atoms with Crippen molar-refractivity contribution in [3.8, 4) is 11.1 Å². The van der Waals surface area contributed by atoms with Gasteiger partial charge in [0.15, 0.2) is 5.84 Å². The summed E-state index contributed by atoms with van der Waals surface area (Å²) in [4.78, 5) is 10.4. The number of hydrogen-bond donors (Lipinski definition) is 1. The predicted octanol–water partition coefficient (Wildman–Crippen LogP) is 12.0. The minimum Gasteiger partial charge on any atom is -0.456 e. The van der Waals surface area contributed by atoms with Crippen molar-refractivity contribution in [3.05, 3.63) is 180 Å². The Balaban J connectivity index is 1.04. The number of nitrogens with one attached hydrogen (secondary N) is 1. The topological polar surface area (TPSA) is 63.0 Å². The fourth-order valence-corrected chi connectivity index (χ4v) is 7.78. The predicted molar refractivity (Wildman–Crippen MR) is 213 cm³/mol. The fraction of sp³-hybridized carbons (Fsp3) is 0.0213. The van der Waals surface area contributed by atoms with Crippen LogP contribution in [0.4, 0.5) is 0 Å². The first-order valence-electron chi connectivity index (χ1n) is 17.5. The molecule has 0 spiro atoms. The zero-order valence-electron chi connectivity index (χ0n) is 27.9. The first kappa shape index (κ1) is 28.8. The third kappa shape index (κ3) is 4.56. The average molecular weight is 668 g/mol. The number of para-hydroxylation sites is 1. The molecule has 0 saturated carbocycles. The van der Waals surface area contributed by atoms with Crippen LogP contribution >= 0.6 is 0 Å². The van der Waals surface area contributed by atoms with E-state index < -0.39 is 0 Å². The summed E-state index contributed by atoms with van der Waals surface area (Å²) < 4.78 is 12.6. The third-order valence-corrected chi connectivity index (χ3v) is 10.3. The number of furan rings is 2. The highest BCUT2D eigenvalue weighted by molar-refractivity contribution is 6.22. The van der Waals surface area contributed by atoms with E-state index in [-0.39, 0.29) is 6.17 Å². The molecule has 0 saturated heterocycles. The van der Waals surface area contributed by atoms with Crippen LogP contribution in [-0.2, 0) is 0 Å². The Morgan fingerprint density at radius 2 is 1.15 bits per heavy atom. The highest BCUT2D eigenvalue weighted by Crippen LogP contribution is 2.38. The summed E-state index contributed by atoms with van der Waals surface area (Å²) in [5.41, 5.74) is 8.58. The van der Waals surface area contributed by atoms with E-state index >= 15 is 0 Å². The van der Waals surface area contributed by atoms with Crippen molar-refractivity contribution < 1.29 is 8.83 Å². The number of rotatable bonds is 4. The van der Waals surface area contributed by atoms with Crippen molar-refractivity contribution in [3.63, 3.8) is 0 Å². The van der Waals surface area contributed by atoms with Gasteiger partial charge in [0.2, 0.25) is 0 Å². The minimum absolute atomic E-state index is 0.340. The van der Waals surface area contributed by atoms with E-state index in [1.54, 1.807) is 0 Å². The van der Waals surface area contributed by atoms with Gasteiger partial charge in [-0.05, 0) is 80.7 Å². The summed E-state index contributed by atoms with van der Waals surface area (Å²) in [6, 6.07) is 57.0. The van der Waals surface area contributed by atoms with Crippen molar-refractivity contribution in [2.45, 2.75) is 6.17 Å². The second-order valence-corrected chi connectivity index (χ2v) is 13.4. The van der Waals surface area contributed by atoms with Gasteiger partial charge in [0.25, 0.3) is 0 Å². The maximum atomic E-state index is 6.56. The maximum Gasteiger partial charge on any atom is 0.160 e. The molecule has 2 aromatic heterocycles. The molecule has 0 fully saturated rings. The summed E-state index contributed by atoms with van der Waals surface area (Å²) in [6.07, 6.45) is -0.340. The molecule has 0 radical (unpaired) electrons.